The lowest BCUT2D eigenvalue weighted by atomic mass is 9.99. The maximum absolute atomic E-state index is 12.5. The molecule has 3 rings (SSSR count). The number of amides is 1. The predicted molar refractivity (Wildman–Crippen MR) is 91.1 cm³/mol. The Hall–Kier alpha value is -0.910. The van der Waals surface area contributed by atoms with E-state index in [0.29, 0.717) is 18.4 Å². The van der Waals surface area contributed by atoms with Crippen LogP contribution in [0.3, 0.4) is 0 Å². The van der Waals surface area contributed by atoms with Gasteiger partial charge in [0.2, 0.25) is 5.91 Å². The molecule has 0 saturated carbocycles. The molecule has 0 bridgehead atoms. The monoisotopic (exact) mass is 321 g/mol. The summed E-state index contributed by atoms with van der Waals surface area (Å²) in [4.78, 5) is 20.8. The quantitative estimate of drug-likeness (QED) is 0.851. The van der Waals surface area contributed by atoms with Crippen molar-refractivity contribution in [1.29, 1.82) is 0 Å². The van der Waals surface area contributed by atoms with Gasteiger partial charge in [0.1, 0.15) is 0 Å². The summed E-state index contributed by atoms with van der Waals surface area (Å²) in [5.74, 6) is 0.356. The molecular formula is C17H27N3OS. The molecule has 1 amide bonds. The van der Waals surface area contributed by atoms with Crippen molar-refractivity contribution >= 4 is 17.2 Å². The molecule has 0 unspecified atom stereocenters. The van der Waals surface area contributed by atoms with E-state index in [1.54, 1.807) is 0 Å². The van der Waals surface area contributed by atoms with Crippen molar-refractivity contribution < 1.29 is 4.79 Å². The van der Waals surface area contributed by atoms with E-state index in [0.717, 1.165) is 39.3 Å². The van der Waals surface area contributed by atoms with Crippen LogP contribution in [0.15, 0.2) is 17.5 Å². The van der Waals surface area contributed by atoms with E-state index in [2.05, 4.69) is 39.3 Å². The van der Waals surface area contributed by atoms with Crippen molar-refractivity contribution in [2.24, 2.45) is 0 Å². The molecule has 2 saturated heterocycles. The summed E-state index contributed by atoms with van der Waals surface area (Å²) in [6.07, 6.45) is 4.45. The molecule has 0 aromatic carbocycles. The van der Waals surface area contributed by atoms with E-state index in [1.165, 1.54) is 24.1 Å². The Bertz CT molecular complexity index is 468. The Balaban J connectivity index is 1.43. The van der Waals surface area contributed by atoms with Crippen molar-refractivity contribution in [3.63, 3.8) is 0 Å². The van der Waals surface area contributed by atoms with Crippen molar-refractivity contribution in [2.45, 2.75) is 38.3 Å². The summed E-state index contributed by atoms with van der Waals surface area (Å²) >= 11 is 1.82. The minimum atomic E-state index is 0.356. The zero-order chi connectivity index (χ0) is 15.4. The molecule has 2 fully saturated rings. The van der Waals surface area contributed by atoms with Crippen LogP contribution in [0.25, 0.3) is 0 Å². The summed E-state index contributed by atoms with van der Waals surface area (Å²) in [7, 11) is 2.16. The van der Waals surface area contributed by atoms with Gasteiger partial charge in [-0.15, -0.1) is 11.3 Å². The molecule has 22 heavy (non-hydrogen) atoms. The molecule has 0 aliphatic carbocycles. The molecule has 0 radical (unpaired) electrons. The van der Waals surface area contributed by atoms with Crippen molar-refractivity contribution in [3.8, 4) is 0 Å². The zero-order valence-electron chi connectivity index (χ0n) is 13.5. The normalized spacial score (nSPS) is 24.6. The second kappa shape index (κ2) is 7.57. The Morgan fingerprint density at radius 2 is 2.05 bits per heavy atom. The maximum Gasteiger partial charge on any atom is 0.224 e. The summed E-state index contributed by atoms with van der Waals surface area (Å²) in [6.45, 7) is 5.97. The minimum absolute atomic E-state index is 0.356. The molecule has 1 atom stereocenters. The fraction of sp³-hybridized carbons (Fsp3) is 0.706. The number of piperazine rings is 1. The van der Waals surface area contributed by atoms with E-state index in [4.69, 9.17) is 0 Å². The van der Waals surface area contributed by atoms with Crippen LogP contribution in [0.1, 0.15) is 30.6 Å². The van der Waals surface area contributed by atoms with Crippen LogP contribution < -0.4 is 0 Å². The first-order valence-corrected chi connectivity index (χ1v) is 9.33. The first-order valence-electron chi connectivity index (χ1n) is 8.45. The van der Waals surface area contributed by atoms with E-state index >= 15 is 0 Å². The van der Waals surface area contributed by atoms with Crippen LogP contribution in [0.4, 0.5) is 0 Å². The third kappa shape index (κ3) is 4.09. The van der Waals surface area contributed by atoms with Gasteiger partial charge in [0.15, 0.2) is 0 Å². The van der Waals surface area contributed by atoms with Gasteiger partial charge in [-0.2, -0.15) is 0 Å². The van der Waals surface area contributed by atoms with E-state index in [9.17, 15) is 4.79 Å². The molecule has 0 spiro atoms. The van der Waals surface area contributed by atoms with Gasteiger partial charge in [-0.25, -0.2) is 0 Å². The number of thiophene rings is 1. The molecule has 2 aliphatic heterocycles. The van der Waals surface area contributed by atoms with Crippen LogP contribution >= 0.6 is 11.3 Å². The number of piperidine rings is 1. The van der Waals surface area contributed by atoms with Crippen molar-refractivity contribution in [3.05, 3.63) is 22.4 Å². The summed E-state index contributed by atoms with van der Waals surface area (Å²) in [5.41, 5.74) is 0. The van der Waals surface area contributed by atoms with Crippen LogP contribution in [0.2, 0.25) is 0 Å². The lowest BCUT2D eigenvalue weighted by molar-refractivity contribution is -0.134. The Morgan fingerprint density at radius 3 is 2.73 bits per heavy atom. The van der Waals surface area contributed by atoms with E-state index in [-0.39, 0.29) is 0 Å². The fourth-order valence-corrected chi connectivity index (χ4v) is 4.26. The van der Waals surface area contributed by atoms with Crippen LogP contribution in [-0.4, -0.2) is 66.4 Å². The van der Waals surface area contributed by atoms with Gasteiger partial charge < -0.3 is 9.80 Å². The zero-order valence-corrected chi connectivity index (χ0v) is 14.4. The largest absolute Gasteiger partial charge is 0.340 e. The average molecular weight is 321 g/mol. The molecule has 1 aromatic rings. The molecule has 4 nitrogen and oxygen atoms in total. The van der Waals surface area contributed by atoms with Gasteiger partial charge in [0, 0.05) is 50.1 Å². The number of carbonyl (C=O) groups excluding carboxylic acids is 1. The number of hydrogen-bond donors (Lipinski definition) is 0. The second-order valence-electron chi connectivity index (χ2n) is 6.57. The van der Waals surface area contributed by atoms with Gasteiger partial charge in [-0.3, -0.25) is 9.69 Å². The Kier molecular flexibility index (Phi) is 5.50. The highest BCUT2D eigenvalue weighted by Gasteiger charge is 2.26. The third-order valence-electron chi connectivity index (χ3n) is 5.02. The second-order valence-corrected chi connectivity index (χ2v) is 7.60. The highest BCUT2D eigenvalue weighted by Crippen LogP contribution is 2.19. The van der Waals surface area contributed by atoms with E-state index < -0.39 is 0 Å². The molecule has 122 valence electrons. The number of rotatable bonds is 4. The first kappa shape index (κ1) is 16.0. The van der Waals surface area contributed by atoms with E-state index in [1.807, 2.05) is 11.3 Å². The summed E-state index contributed by atoms with van der Waals surface area (Å²) in [6, 6.07) is 4.77. The van der Waals surface area contributed by atoms with Crippen molar-refractivity contribution in [1.82, 2.24) is 14.7 Å². The molecule has 0 N–H and O–H groups in total. The van der Waals surface area contributed by atoms with Crippen LogP contribution in [-0.2, 0) is 11.3 Å². The lowest BCUT2D eigenvalue weighted by Crippen LogP contribution is -2.50. The summed E-state index contributed by atoms with van der Waals surface area (Å²) in [5, 5.41) is 2.13. The highest BCUT2D eigenvalue weighted by atomic mass is 32.1. The Labute approximate surface area is 137 Å². The lowest BCUT2D eigenvalue weighted by Gasteiger charge is -2.37. The summed E-state index contributed by atoms with van der Waals surface area (Å²) < 4.78 is 0. The van der Waals surface area contributed by atoms with Crippen LogP contribution in [0, 0.1) is 0 Å². The van der Waals surface area contributed by atoms with Gasteiger partial charge in [0.05, 0.1) is 0 Å². The number of hydrogen-bond acceptors (Lipinski definition) is 4. The highest BCUT2D eigenvalue weighted by molar-refractivity contribution is 7.09. The molecular weight excluding hydrogens is 294 g/mol. The first-order chi connectivity index (χ1) is 10.7. The van der Waals surface area contributed by atoms with Gasteiger partial charge in [-0.05, 0) is 37.9 Å². The smallest absolute Gasteiger partial charge is 0.224 e. The molecule has 1 aromatic heterocycles. The van der Waals surface area contributed by atoms with Gasteiger partial charge >= 0.3 is 0 Å². The standard InChI is InChI=1S/C17H27N3OS/c1-18-7-3-2-5-15(18)13-17(21)20-10-8-19(9-11-20)14-16-6-4-12-22-16/h4,6,12,15H,2-3,5,7-11,13-14H2,1H3/t15-/m1/s1. The Morgan fingerprint density at radius 1 is 1.23 bits per heavy atom. The maximum atomic E-state index is 12.5. The number of carbonyl (C=O) groups is 1. The minimum Gasteiger partial charge on any atom is -0.340 e. The van der Waals surface area contributed by atoms with Crippen molar-refractivity contribution in [2.75, 3.05) is 39.8 Å². The average Bonchev–Trinajstić information content (AvgIpc) is 3.03. The predicted octanol–water partition coefficient (Wildman–Crippen LogP) is 2.27. The number of likely N-dealkylation sites (tertiary alicyclic amines) is 1. The third-order valence-corrected chi connectivity index (χ3v) is 5.88. The fourth-order valence-electron chi connectivity index (χ4n) is 3.51. The van der Waals surface area contributed by atoms with Gasteiger partial charge in [-0.1, -0.05) is 12.5 Å². The molecule has 3 heterocycles. The topological polar surface area (TPSA) is 26.8 Å². The molecule has 2 aliphatic rings. The molecule has 5 heteroatoms. The van der Waals surface area contributed by atoms with Crippen LogP contribution in [0.5, 0.6) is 0 Å². The SMILES string of the molecule is CN1CCCC[C@@H]1CC(=O)N1CCN(Cc2cccs2)CC1. The van der Waals surface area contributed by atoms with Gasteiger partial charge in [0.25, 0.3) is 0 Å². The number of nitrogens with zero attached hydrogens (tertiary/aromatic N) is 3.